The lowest BCUT2D eigenvalue weighted by Gasteiger charge is -2.13. The zero-order chi connectivity index (χ0) is 19.7. The predicted octanol–water partition coefficient (Wildman–Crippen LogP) is 3.31. The van der Waals surface area contributed by atoms with E-state index in [1.165, 1.54) is 21.0 Å². The Morgan fingerprint density at radius 2 is 1.56 bits per heavy atom. The van der Waals surface area contributed by atoms with Crippen molar-refractivity contribution in [2.24, 2.45) is 0 Å². The van der Waals surface area contributed by atoms with Gasteiger partial charge in [0, 0.05) is 23.6 Å². The molecule has 2 amide bonds. The highest BCUT2D eigenvalue weighted by Gasteiger charge is 2.38. The monoisotopic (exact) mass is 365 g/mol. The fourth-order valence-corrected chi connectivity index (χ4v) is 3.13. The number of carbonyl (C=O) groups excluding carboxylic acids is 3. The molecule has 1 aliphatic rings. The van der Waals surface area contributed by atoms with Crippen molar-refractivity contribution in [3.8, 4) is 5.75 Å². The van der Waals surface area contributed by atoms with Gasteiger partial charge in [-0.2, -0.15) is 0 Å². The molecule has 0 spiro atoms. The van der Waals surface area contributed by atoms with Gasteiger partial charge in [-0.1, -0.05) is 0 Å². The molecule has 2 aromatic carbocycles. The van der Waals surface area contributed by atoms with E-state index in [2.05, 4.69) is 0 Å². The molecular weight excluding hydrogens is 346 g/mol. The van der Waals surface area contributed by atoms with E-state index in [0.29, 0.717) is 33.9 Å². The van der Waals surface area contributed by atoms with Crippen LogP contribution in [0.3, 0.4) is 0 Å². The molecule has 0 aliphatic carbocycles. The van der Waals surface area contributed by atoms with Crippen LogP contribution in [0.4, 0.5) is 5.69 Å². The topological polar surface area (TPSA) is 72.9 Å². The van der Waals surface area contributed by atoms with Crippen molar-refractivity contribution >= 4 is 34.6 Å². The first kappa shape index (κ1) is 18.4. The van der Waals surface area contributed by atoms with Crippen molar-refractivity contribution < 1.29 is 23.9 Å². The number of rotatable bonds is 4. The highest BCUT2D eigenvalue weighted by Crippen LogP contribution is 2.42. The van der Waals surface area contributed by atoms with Gasteiger partial charge >= 0.3 is 0 Å². The molecule has 0 saturated carbocycles. The van der Waals surface area contributed by atoms with Crippen molar-refractivity contribution in [3.05, 3.63) is 59.2 Å². The van der Waals surface area contributed by atoms with Gasteiger partial charge in [0.2, 0.25) is 5.91 Å². The summed E-state index contributed by atoms with van der Waals surface area (Å²) in [4.78, 5) is 38.0. The number of ether oxygens (including phenoxy) is 2. The van der Waals surface area contributed by atoms with Crippen LogP contribution in [0, 0.1) is 0 Å². The number of ketones is 1. The second-order valence-electron chi connectivity index (χ2n) is 6.08. The summed E-state index contributed by atoms with van der Waals surface area (Å²) < 4.78 is 10.7. The van der Waals surface area contributed by atoms with Crippen molar-refractivity contribution in [2.75, 3.05) is 19.1 Å². The van der Waals surface area contributed by atoms with E-state index in [4.69, 9.17) is 9.47 Å². The molecule has 0 radical (unpaired) electrons. The SMILES string of the molecule is COC(=C1C(=O)N(C(C)=O)c2ccc(C(C)=O)cc21)c1ccc(OC)cc1. The number of hydrogen-bond donors (Lipinski definition) is 0. The van der Waals surface area contributed by atoms with E-state index in [1.807, 2.05) is 0 Å². The largest absolute Gasteiger partial charge is 0.497 e. The summed E-state index contributed by atoms with van der Waals surface area (Å²) in [6, 6.07) is 11.9. The van der Waals surface area contributed by atoms with E-state index in [-0.39, 0.29) is 11.4 Å². The van der Waals surface area contributed by atoms with E-state index < -0.39 is 11.8 Å². The minimum atomic E-state index is -0.481. The minimum Gasteiger partial charge on any atom is -0.497 e. The first-order chi connectivity index (χ1) is 12.9. The summed E-state index contributed by atoms with van der Waals surface area (Å²) in [5.74, 6) is -0.0212. The van der Waals surface area contributed by atoms with E-state index in [1.54, 1.807) is 49.6 Å². The highest BCUT2D eigenvalue weighted by atomic mass is 16.5. The van der Waals surface area contributed by atoms with Crippen LogP contribution in [0.5, 0.6) is 5.75 Å². The molecule has 0 aromatic heterocycles. The first-order valence-corrected chi connectivity index (χ1v) is 8.32. The van der Waals surface area contributed by atoms with Gasteiger partial charge in [0.05, 0.1) is 25.5 Å². The lowest BCUT2D eigenvalue weighted by atomic mass is 9.99. The van der Waals surface area contributed by atoms with E-state index in [9.17, 15) is 14.4 Å². The average molecular weight is 365 g/mol. The smallest absolute Gasteiger partial charge is 0.269 e. The van der Waals surface area contributed by atoms with E-state index >= 15 is 0 Å². The molecule has 0 unspecified atom stereocenters. The molecule has 6 nitrogen and oxygen atoms in total. The molecular formula is C21H19NO5. The second kappa shape index (κ2) is 7.07. The van der Waals surface area contributed by atoms with Gasteiger partial charge < -0.3 is 9.47 Å². The van der Waals surface area contributed by atoms with Crippen molar-refractivity contribution in [1.82, 2.24) is 0 Å². The van der Waals surface area contributed by atoms with Gasteiger partial charge in [-0.15, -0.1) is 0 Å². The first-order valence-electron chi connectivity index (χ1n) is 8.32. The Balaban J connectivity index is 2.28. The lowest BCUT2D eigenvalue weighted by molar-refractivity contribution is -0.122. The lowest BCUT2D eigenvalue weighted by Crippen LogP contribution is -2.31. The molecule has 27 heavy (non-hydrogen) atoms. The molecule has 1 heterocycles. The zero-order valence-corrected chi connectivity index (χ0v) is 15.5. The molecule has 1 aliphatic heterocycles. The third-order valence-electron chi connectivity index (χ3n) is 4.43. The normalized spacial score (nSPS) is 14.7. The van der Waals surface area contributed by atoms with Crippen molar-refractivity contribution in [3.63, 3.8) is 0 Å². The van der Waals surface area contributed by atoms with Crippen LogP contribution >= 0.6 is 0 Å². The molecule has 6 heteroatoms. The number of anilines is 1. The summed E-state index contributed by atoms with van der Waals surface area (Å²) in [5, 5.41) is 0. The zero-order valence-electron chi connectivity index (χ0n) is 15.5. The number of nitrogens with zero attached hydrogens (tertiary/aromatic N) is 1. The third kappa shape index (κ3) is 3.10. The number of methoxy groups -OCH3 is 2. The number of fused-ring (bicyclic) bond motifs is 1. The maximum absolute atomic E-state index is 13.0. The fraction of sp³-hybridized carbons (Fsp3) is 0.190. The molecule has 0 bridgehead atoms. The standard InChI is InChI=1S/C21H19NO5/c1-12(23)15-7-10-18-17(11-15)19(21(25)22(18)13(2)24)20(27-4)14-5-8-16(26-3)9-6-14/h5-11H,1-4H3. The Morgan fingerprint density at radius 1 is 0.926 bits per heavy atom. The maximum Gasteiger partial charge on any atom is 0.269 e. The summed E-state index contributed by atoms with van der Waals surface area (Å²) in [6.07, 6.45) is 0. The summed E-state index contributed by atoms with van der Waals surface area (Å²) >= 11 is 0. The van der Waals surface area contributed by atoms with Gasteiger partial charge in [0.1, 0.15) is 11.5 Å². The molecule has 0 atom stereocenters. The van der Waals surface area contributed by atoms with Crippen molar-refractivity contribution in [1.29, 1.82) is 0 Å². The number of imide groups is 1. The molecule has 0 fully saturated rings. The Kier molecular flexibility index (Phi) is 4.81. The quantitative estimate of drug-likeness (QED) is 0.472. The van der Waals surface area contributed by atoms with E-state index in [0.717, 1.165) is 4.90 Å². The van der Waals surface area contributed by atoms with Gasteiger partial charge in [-0.25, -0.2) is 4.90 Å². The number of Topliss-reactive ketones (excluding diaryl/α,β-unsaturated/α-hetero) is 1. The number of hydrogen-bond acceptors (Lipinski definition) is 5. The molecule has 2 aromatic rings. The summed E-state index contributed by atoms with van der Waals surface area (Å²) in [5.41, 5.74) is 2.29. The third-order valence-corrected chi connectivity index (χ3v) is 4.43. The maximum atomic E-state index is 13.0. The van der Waals surface area contributed by atoms with Crippen LogP contribution in [0.15, 0.2) is 42.5 Å². The van der Waals surface area contributed by atoms with Crippen molar-refractivity contribution in [2.45, 2.75) is 13.8 Å². The Bertz CT molecular complexity index is 973. The van der Waals surface area contributed by atoms with Crippen LogP contribution in [0.25, 0.3) is 11.3 Å². The van der Waals surface area contributed by atoms with Crippen LogP contribution in [-0.2, 0) is 14.3 Å². The molecule has 0 saturated heterocycles. The van der Waals surface area contributed by atoms with Gasteiger partial charge in [0.25, 0.3) is 5.91 Å². The van der Waals surface area contributed by atoms with Gasteiger partial charge in [-0.05, 0) is 49.4 Å². The Labute approximate surface area is 157 Å². The summed E-state index contributed by atoms with van der Waals surface area (Å²) in [6.45, 7) is 2.77. The molecule has 3 rings (SSSR count). The number of benzene rings is 2. The number of carbonyl (C=O) groups is 3. The van der Waals surface area contributed by atoms with Gasteiger partial charge in [-0.3, -0.25) is 14.4 Å². The fourth-order valence-electron chi connectivity index (χ4n) is 3.13. The van der Waals surface area contributed by atoms with Crippen LogP contribution < -0.4 is 9.64 Å². The van der Waals surface area contributed by atoms with Gasteiger partial charge in [0.15, 0.2) is 5.78 Å². The Hall–Kier alpha value is -3.41. The molecule has 0 N–H and O–H groups in total. The predicted molar refractivity (Wildman–Crippen MR) is 101 cm³/mol. The van der Waals surface area contributed by atoms with Crippen LogP contribution in [0.1, 0.15) is 35.3 Å². The second-order valence-corrected chi connectivity index (χ2v) is 6.08. The van der Waals surface area contributed by atoms with Crippen LogP contribution in [0.2, 0.25) is 0 Å². The summed E-state index contributed by atoms with van der Waals surface area (Å²) in [7, 11) is 3.03. The average Bonchev–Trinajstić information content (AvgIpc) is 2.94. The number of amides is 2. The van der Waals surface area contributed by atoms with Crippen LogP contribution in [-0.4, -0.2) is 31.8 Å². The highest BCUT2D eigenvalue weighted by molar-refractivity contribution is 6.43. The Morgan fingerprint density at radius 3 is 2.07 bits per heavy atom. The minimum absolute atomic E-state index is 0.130. The molecule has 138 valence electrons.